The summed E-state index contributed by atoms with van der Waals surface area (Å²) in [6.45, 7) is 2.58. The van der Waals surface area contributed by atoms with Crippen molar-refractivity contribution in [3.05, 3.63) is 71.8 Å². The fourth-order valence-corrected chi connectivity index (χ4v) is 4.65. The minimum absolute atomic E-state index is 0.0754. The van der Waals surface area contributed by atoms with Crippen molar-refractivity contribution in [2.45, 2.75) is 44.8 Å². The van der Waals surface area contributed by atoms with E-state index >= 15 is 0 Å². The van der Waals surface area contributed by atoms with Gasteiger partial charge < -0.3 is 15.5 Å². The van der Waals surface area contributed by atoms with Crippen LogP contribution in [0.1, 0.15) is 40.9 Å². The number of pyridine rings is 3. The van der Waals surface area contributed by atoms with Crippen molar-refractivity contribution in [2.75, 3.05) is 15.5 Å². The zero-order valence-electron chi connectivity index (χ0n) is 18.3. The normalized spacial score (nSPS) is 19.8. The van der Waals surface area contributed by atoms with Gasteiger partial charge in [0.05, 0.1) is 18.4 Å². The molecule has 2 N–H and O–H groups in total. The summed E-state index contributed by atoms with van der Waals surface area (Å²) in [6, 6.07) is 12.4. The second-order valence-electron chi connectivity index (χ2n) is 8.74. The fourth-order valence-electron chi connectivity index (χ4n) is 4.65. The number of anilines is 3. The maximum absolute atomic E-state index is 12.6. The van der Waals surface area contributed by atoms with Gasteiger partial charge in [-0.05, 0) is 62.1 Å². The summed E-state index contributed by atoms with van der Waals surface area (Å²) >= 11 is 0. The Morgan fingerprint density at radius 1 is 1.06 bits per heavy atom. The first-order chi connectivity index (χ1) is 16.1. The lowest BCUT2D eigenvalue weighted by atomic mass is 10.2. The van der Waals surface area contributed by atoms with E-state index < -0.39 is 0 Å². The highest BCUT2D eigenvalue weighted by Gasteiger charge is 2.30. The van der Waals surface area contributed by atoms with Gasteiger partial charge in [-0.2, -0.15) is 4.98 Å². The second-order valence-corrected chi connectivity index (χ2v) is 8.74. The molecule has 1 aliphatic carbocycles. The van der Waals surface area contributed by atoms with Crippen LogP contribution in [-0.4, -0.2) is 42.6 Å². The van der Waals surface area contributed by atoms with Crippen LogP contribution >= 0.6 is 0 Å². The molecule has 1 amide bonds. The number of fused-ring (bicyclic) bond motifs is 2. The first-order valence-corrected chi connectivity index (χ1v) is 11.2. The van der Waals surface area contributed by atoms with Crippen LogP contribution in [0.4, 0.5) is 17.5 Å². The molecule has 0 bridgehead atoms. The summed E-state index contributed by atoms with van der Waals surface area (Å²) in [5.74, 6) is 1.40. The third-order valence-electron chi connectivity index (χ3n) is 6.34. The van der Waals surface area contributed by atoms with E-state index in [0.29, 0.717) is 30.3 Å². The highest BCUT2D eigenvalue weighted by Crippen LogP contribution is 2.28. The van der Waals surface area contributed by atoms with E-state index in [9.17, 15) is 4.79 Å². The predicted octanol–water partition coefficient (Wildman–Crippen LogP) is 3.43. The molecule has 0 radical (unpaired) electrons. The summed E-state index contributed by atoms with van der Waals surface area (Å²) in [6.07, 6.45) is 8.38. The van der Waals surface area contributed by atoms with Crippen molar-refractivity contribution < 1.29 is 4.79 Å². The number of aryl methyl sites for hydroxylation is 1. The average molecular weight is 441 g/mol. The molecule has 0 unspecified atom stereocenters. The Morgan fingerprint density at radius 3 is 2.76 bits per heavy atom. The number of carbonyl (C=O) groups is 1. The van der Waals surface area contributed by atoms with Gasteiger partial charge in [0.15, 0.2) is 5.65 Å². The summed E-state index contributed by atoms with van der Waals surface area (Å²) in [7, 11) is 0. The van der Waals surface area contributed by atoms with Crippen LogP contribution in [0.5, 0.6) is 0 Å². The molecule has 1 saturated carbocycles. The molecular weight excluding hydrogens is 416 g/mol. The van der Waals surface area contributed by atoms with Crippen LogP contribution in [0, 0.1) is 6.92 Å². The van der Waals surface area contributed by atoms with E-state index in [4.69, 9.17) is 0 Å². The SMILES string of the molecule is Cc1ccn2nc(N[C@H]3CC[C@H](Nc4ccc(N5Cc6cccnc6C5=O)cn4)C3)nc2c1. The number of aromatic nitrogens is 5. The first kappa shape index (κ1) is 19.7. The number of hydrogen-bond acceptors (Lipinski definition) is 7. The summed E-state index contributed by atoms with van der Waals surface area (Å²) in [4.78, 5) is 27.7. The van der Waals surface area contributed by atoms with Gasteiger partial charge in [-0.3, -0.25) is 9.78 Å². The Balaban J connectivity index is 1.07. The molecule has 1 fully saturated rings. The Kier molecular flexibility index (Phi) is 4.67. The predicted molar refractivity (Wildman–Crippen MR) is 125 cm³/mol. The Hall–Kier alpha value is -4.01. The quantitative estimate of drug-likeness (QED) is 0.490. The topological polar surface area (TPSA) is 100 Å². The second kappa shape index (κ2) is 7.84. The van der Waals surface area contributed by atoms with Gasteiger partial charge in [0.25, 0.3) is 5.91 Å². The Bertz CT molecular complexity index is 1330. The molecule has 0 spiro atoms. The number of hydrogen-bond donors (Lipinski definition) is 2. The van der Waals surface area contributed by atoms with Gasteiger partial charge in [-0.1, -0.05) is 6.07 Å². The molecule has 6 rings (SSSR count). The molecule has 166 valence electrons. The Labute approximate surface area is 190 Å². The molecule has 4 aromatic heterocycles. The van der Waals surface area contributed by atoms with E-state index in [1.807, 2.05) is 42.6 Å². The molecule has 1 aliphatic heterocycles. The van der Waals surface area contributed by atoms with E-state index in [2.05, 4.69) is 37.6 Å². The van der Waals surface area contributed by atoms with Gasteiger partial charge >= 0.3 is 0 Å². The molecule has 9 heteroatoms. The number of amides is 1. The molecule has 9 nitrogen and oxygen atoms in total. The van der Waals surface area contributed by atoms with Crippen LogP contribution in [-0.2, 0) is 6.54 Å². The lowest BCUT2D eigenvalue weighted by molar-refractivity contribution is 0.0992. The number of carbonyl (C=O) groups excluding carboxylic acids is 1. The minimum Gasteiger partial charge on any atom is -0.367 e. The van der Waals surface area contributed by atoms with Gasteiger partial charge in [-0.15, -0.1) is 5.10 Å². The van der Waals surface area contributed by atoms with Crippen molar-refractivity contribution in [1.82, 2.24) is 24.6 Å². The zero-order chi connectivity index (χ0) is 22.4. The summed E-state index contributed by atoms with van der Waals surface area (Å²) < 4.78 is 1.80. The zero-order valence-corrected chi connectivity index (χ0v) is 18.3. The summed E-state index contributed by atoms with van der Waals surface area (Å²) in [5.41, 5.74) is 4.27. The van der Waals surface area contributed by atoms with E-state index in [0.717, 1.165) is 42.0 Å². The largest absolute Gasteiger partial charge is 0.367 e. The van der Waals surface area contributed by atoms with Crippen molar-refractivity contribution in [2.24, 2.45) is 0 Å². The lowest BCUT2D eigenvalue weighted by Gasteiger charge is -2.17. The molecule has 2 aliphatic rings. The molecule has 0 saturated heterocycles. The van der Waals surface area contributed by atoms with E-state index in [-0.39, 0.29) is 5.91 Å². The van der Waals surface area contributed by atoms with E-state index in [1.165, 1.54) is 5.56 Å². The number of nitrogens with one attached hydrogen (secondary N) is 2. The molecule has 2 atom stereocenters. The highest BCUT2D eigenvalue weighted by molar-refractivity contribution is 6.08. The van der Waals surface area contributed by atoms with E-state index in [1.54, 1.807) is 21.8 Å². The molecule has 5 heterocycles. The fraction of sp³-hybridized carbons (Fsp3) is 0.292. The monoisotopic (exact) mass is 440 g/mol. The Morgan fingerprint density at radius 2 is 1.94 bits per heavy atom. The van der Waals surface area contributed by atoms with Crippen molar-refractivity contribution >= 4 is 29.0 Å². The number of rotatable bonds is 5. The van der Waals surface area contributed by atoms with Crippen LogP contribution in [0.15, 0.2) is 55.0 Å². The minimum atomic E-state index is -0.0754. The van der Waals surface area contributed by atoms with Crippen LogP contribution in [0.3, 0.4) is 0 Å². The van der Waals surface area contributed by atoms with Gasteiger partial charge in [0.1, 0.15) is 11.5 Å². The van der Waals surface area contributed by atoms with Crippen LogP contribution < -0.4 is 15.5 Å². The van der Waals surface area contributed by atoms with Crippen LogP contribution in [0.2, 0.25) is 0 Å². The average Bonchev–Trinajstić information content (AvgIpc) is 3.52. The van der Waals surface area contributed by atoms with Crippen molar-refractivity contribution in [1.29, 1.82) is 0 Å². The number of nitrogens with zero attached hydrogens (tertiary/aromatic N) is 6. The van der Waals surface area contributed by atoms with Gasteiger partial charge in [0, 0.05) is 30.0 Å². The summed E-state index contributed by atoms with van der Waals surface area (Å²) in [5, 5.41) is 11.5. The maximum Gasteiger partial charge on any atom is 0.277 e. The molecule has 4 aromatic rings. The maximum atomic E-state index is 12.6. The van der Waals surface area contributed by atoms with Crippen molar-refractivity contribution in [3.8, 4) is 0 Å². The van der Waals surface area contributed by atoms with Crippen LogP contribution in [0.25, 0.3) is 5.65 Å². The molecular formula is C24H24N8O. The standard InChI is InChI=1S/C24H24N8O/c1-15-8-10-32-21(11-15)29-24(30-32)28-18-5-4-17(12-18)27-20-7-6-19(13-26-20)31-14-16-3-2-9-25-22(16)23(31)33/h2-3,6-11,13,17-18H,4-5,12,14H2,1H3,(H,26,27)(H,28,30)/t17-,18-/m0/s1. The third-order valence-corrected chi connectivity index (χ3v) is 6.34. The van der Waals surface area contributed by atoms with Gasteiger partial charge in [0.2, 0.25) is 5.95 Å². The third kappa shape index (κ3) is 3.75. The van der Waals surface area contributed by atoms with Crippen molar-refractivity contribution in [3.63, 3.8) is 0 Å². The lowest BCUT2D eigenvalue weighted by Crippen LogP contribution is -2.24. The molecule has 0 aromatic carbocycles. The first-order valence-electron chi connectivity index (χ1n) is 11.2. The highest BCUT2D eigenvalue weighted by atomic mass is 16.2. The molecule has 33 heavy (non-hydrogen) atoms. The van der Waals surface area contributed by atoms with Gasteiger partial charge in [-0.25, -0.2) is 9.50 Å². The smallest absolute Gasteiger partial charge is 0.277 e.